The SMILES string of the molecule is Cc1ccccc1-c1nc(NS(=O)(=O)c2c[nH]nc2C)cc(Oc2ccc(C3CCN(C)CC3)cc2)c1C(F)(F)F. The molecule has 2 aromatic heterocycles. The van der Waals surface area contributed by atoms with Crippen molar-refractivity contribution in [1.82, 2.24) is 20.1 Å². The summed E-state index contributed by atoms with van der Waals surface area (Å²) >= 11 is 0. The first-order chi connectivity index (χ1) is 19.4. The van der Waals surface area contributed by atoms with Crippen molar-refractivity contribution >= 4 is 15.8 Å². The number of halogens is 3. The highest BCUT2D eigenvalue weighted by atomic mass is 32.2. The fraction of sp³-hybridized carbons (Fsp3) is 0.310. The Morgan fingerprint density at radius 1 is 1.05 bits per heavy atom. The lowest BCUT2D eigenvalue weighted by molar-refractivity contribution is -0.138. The normalized spacial score (nSPS) is 15.2. The lowest BCUT2D eigenvalue weighted by Gasteiger charge is -2.29. The van der Waals surface area contributed by atoms with Gasteiger partial charge in [0.25, 0.3) is 10.0 Å². The number of nitrogens with zero attached hydrogens (tertiary/aromatic N) is 3. The van der Waals surface area contributed by atoms with Crippen LogP contribution in [0.3, 0.4) is 0 Å². The van der Waals surface area contributed by atoms with E-state index in [4.69, 9.17) is 4.74 Å². The second-order valence-electron chi connectivity index (χ2n) is 10.2. The number of benzene rings is 2. The van der Waals surface area contributed by atoms with Crippen LogP contribution in [-0.4, -0.2) is 48.6 Å². The Morgan fingerprint density at radius 3 is 2.34 bits per heavy atom. The zero-order valence-electron chi connectivity index (χ0n) is 22.8. The van der Waals surface area contributed by atoms with Crippen molar-refractivity contribution in [2.24, 2.45) is 0 Å². The molecule has 4 aromatic rings. The van der Waals surface area contributed by atoms with Gasteiger partial charge in [-0.25, -0.2) is 13.4 Å². The van der Waals surface area contributed by atoms with Crippen molar-refractivity contribution in [3.05, 3.63) is 83.2 Å². The Labute approximate surface area is 236 Å². The molecule has 0 atom stereocenters. The molecule has 0 spiro atoms. The monoisotopic (exact) mass is 585 g/mol. The maximum absolute atomic E-state index is 14.6. The number of nitrogens with one attached hydrogen (secondary N) is 2. The van der Waals surface area contributed by atoms with E-state index in [0.717, 1.165) is 37.6 Å². The van der Waals surface area contributed by atoms with Gasteiger partial charge in [0.15, 0.2) is 0 Å². The van der Waals surface area contributed by atoms with Crippen molar-refractivity contribution in [1.29, 1.82) is 0 Å². The summed E-state index contributed by atoms with van der Waals surface area (Å²) in [4.78, 5) is 6.27. The van der Waals surface area contributed by atoms with Gasteiger partial charge in [0.2, 0.25) is 0 Å². The first-order valence-corrected chi connectivity index (χ1v) is 14.6. The van der Waals surface area contributed by atoms with Crippen LogP contribution < -0.4 is 9.46 Å². The first kappa shape index (κ1) is 28.6. The molecule has 3 heterocycles. The maximum Gasteiger partial charge on any atom is 0.422 e. The summed E-state index contributed by atoms with van der Waals surface area (Å²) in [5, 5.41) is 6.30. The third kappa shape index (κ3) is 6.23. The van der Waals surface area contributed by atoms with E-state index in [1.165, 1.54) is 19.2 Å². The van der Waals surface area contributed by atoms with Gasteiger partial charge in [0, 0.05) is 17.8 Å². The van der Waals surface area contributed by atoms with Crippen LogP contribution in [0.25, 0.3) is 11.3 Å². The van der Waals surface area contributed by atoms with E-state index in [-0.39, 0.29) is 27.7 Å². The van der Waals surface area contributed by atoms with E-state index >= 15 is 0 Å². The molecule has 1 saturated heterocycles. The van der Waals surface area contributed by atoms with Gasteiger partial charge in [-0.1, -0.05) is 36.4 Å². The summed E-state index contributed by atoms with van der Waals surface area (Å²) in [6, 6.07) is 14.4. The van der Waals surface area contributed by atoms with Crippen molar-refractivity contribution < 1.29 is 26.3 Å². The zero-order valence-corrected chi connectivity index (χ0v) is 23.6. The van der Waals surface area contributed by atoms with Crippen LogP contribution in [0.15, 0.2) is 65.7 Å². The van der Waals surface area contributed by atoms with Crippen LogP contribution in [-0.2, 0) is 16.2 Å². The van der Waals surface area contributed by atoms with Crippen molar-refractivity contribution in [3.8, 4) is 22.8 Å². The number of rotatable bonds is 7. The highest BCUT2D eigenvalue weighted by Crippen LogP contribution is 2.45. The summed E-state index contributed by atoms with van der Waals surface area (Å²) < 4.78 is 78.2. The minimum Gasteiger partial charge on any atom is -0.457 e. The molecule has 0 unspecified atom stereocenters. The predicted octanol–water partition coefficient (Wildman–Crippen LogP) is 6.51. The number of hydrogen-bond donors (Lipinski definition) is 2. The van der Waals surface area contributed by atoms with Crippen LogP contribution in [0.2, 0.25) is 0 Å². The second-order valence-corrected chi connectivity index (χ2v) is 11.9. The molecular weight excluding hydrogens is 555 g/mol. The number of aryl methyl sites for hydroxylation is 2. The molecule has 12 heteroatoms. The Kier molecular flexibility index (Phi) is 7.80. The van der Waals surface area contributed by atoms with Gasteiger partial charge in [0.1, 0.15) is 27.8 Å². The topological polar surface area (TPSA) is 100 Å². The summed E-state index contributed by atoms with van der Waals surface area (Å²) in [6.07, 6.45) is -1.67. The summed E-state index contributed by atoms with van der Waals surface area (Å²) in [5.41, 5.74) is 0.476. The fourth-order valence-corrected chi connectivity index (χ4v) is 6.18. The highest BCUT2D eigenvalue weighted by molar-refractivity contribution is 7.92. The fourth-order valence-electron chi connectivity index (χ4n) is 5.05. The largest absolute Gasteiger partial charge is 0.457 e. The summed E-state index contributed by atoms with van der Waals surface area (Å²) in [6.45, 7) is 5.11. The molecule has 1 fully saturated rings. The molecular formula is C29H30F3N5O3S. The Bertz CT molecular complexity index is 1650. The van der Waals surface area contributed by atoms with Crippen molar-refractivity contribution in [2.45, 2.75) is 43.7 Å². The predicted molar refractivity (Wildman–Crippen MR) is 150 cm³/mol. The van der Waals surface area contributed by atoms with E-state index in [2.05, 4.69) is 31.9 Å². The minimum absolute atomic E-state index is 0.149. The molecule has 0 bridgehead atoms. The van der Waals surface area contributed by atoms with Crippen molar-refractivity contribution in [2.75, 3.05) is 24.9 Å². The van der Waals surface area contributed by atoms with Crippen LogP contribution in [0.5, 0.6) is 11.5 Å². The molecule has 1 aliphatic heterocycles. The van der Waals surface area contributed by atoms with Crippen LogP contribution in [0.4, 0.5) is 19.0 Å². The van der Waals surface area contributed by atoms with E-state index in [9.17, 15) is 21.6 Å². The number of H-pyrrole nitrogens is 1. The van der Waals surface area contributed by atoms with Gasteiger partial charge < -0.3 is 9.64 Å². The third-order valence-corrected chi connectivity index (χ3v) is 8.75. The molecule has 216 valence electrons. The number of anilines is 1. The van der Waals surface area contributed by atoms with Gasteiger partial charge in [-0.05, 0) is 76.0 Å². The van der Waals surface area contributed by atoms with E-state index in [1.54, 1.807) is 37.3 Å². The molecule has 0 amide bonds. The van der Waals surface area contributed by atoms with E-state index in [0.29, 0.717) is 11.5 Å². The average molecular weight is 586 g/mol. The number of piperidine rings is 1. The van der Waals surface area contributed by atoms with E-state index in [1.807, 2.05) is 12.1 Å². The van der Waals surface area contributed by atoms with Gasteiger partial charge >= 0.3 is 6.18 Å². The molecule has 0 aliphatic carbocycles. The lowest BCUT2D eigenvalue weighted by Crippen LogP contribution is -2.29. The van der Waals surface area contributed by atoms with Gasteiger partial charge in [-0.2, -0.15) is 18.3 Å². The molecule has 8 nitrogen and oxygen atoms in total. The summed E-state index contributed by atoms with van der Waals surface area (Å²) in [7, 11) is -2.14. The zero-order chi connectivity index (χ0) is 29.4. The molecule has 5 rings (SSSR count). The number of alkyl halides is 3. The molecule has 1 aliphatic rings. The smallest absolute Gasteiger partial charge is 0.422 e. The molecule has 0 radical (unpaired) electrons. The quantitative estimate of drug-likeness (QED) is 0.257. The van der Waals surface area contributed by atoms with Crippen molar-refractivity contribution in [3.63, 3.8) is 0 Å². The number of aromatic amines is 1. The number of pyridine rings is 1. The lowest BCUT2D eigenvalue weighted by atomic mass is 9.90. The van der Waals surface area contributed by atoms with Crippen LogP contribution in [0, 0.1) is 13.8 Å². The van der Waals surface area contributed by atoms with E-state index < -0.39 is 33.2 Å². The maximum atomic E-state index is 14.6. The highest BCUT2D eigenvalue weighted by Gasteiger charge is 2.40. The van der Waals surface area contributed by atoms with Gasteiger partial charge in [-0.15, -0.1) is 0 Å². The molecule has 2 N–H and O–H groups in total. The van der Waals surface area contributed by atoms with Gasteiger partial charge in [0.05, 0.1) is 11.4 Å². The Hall–Kier alpha value is -3.90. The number of hydrogen-bond acceptors (Lipinski definition) is 6. The number of ether oxygens (including phenoxy) is 1. The van der Waals surface area contributed by atoms with Crippen LogP contribution in [0.1, 0.15) is 41.1 Å². The molecule has 41 heavy (non-hydrogen) atoms. The number of sulfonamides is 1. The van der Waals surface area contributed by atoms with Gasteiger partial charge in [-0.3, -0.25) is 9.82 Å². The minimum atomic E-state index is -4.85. The summed E-state index contributed by atoms with van der Waals surface area (Å²) in [5.74, 6) is -0.338. The second kappa shape index (κ2) is 11.2. The van der Waals surface area contributed by atoms with Crippen LogP contribution >= 0.6 is 0 Å². The number of likely N-dealkylation sites (tertiary alicyclic amines) is 1. The molecule has 2 aromatic carbocycles. The first-order valence-electron chi connectivity index (χ1n) is 13.1. The molecule has 0 saturated carbocycles. The standard InChI is InChI=1S/C29H30F3N5O3S/c1-18-6-4-5-7-23(18)28-27(29(30,31)32)24(16-26(34-28)36-41(38,39)25-17-33-35-19(25)2)40-22-10-8-20(9-11-22)21-12-14-37(3)15-13-21/h4-11,16-17,21H,12-15H2,1-3H3,(H,33,35)(H,34,36). The number of aromatic nitrogens is 3. The Morgan fingerprint density at radius 2 is 1.73 bits per heavy atom. The third-order valence-electron chi connectivity index (χ3n) is 7.28. The average Bonchev–Trinajstić information content (AvgIpc) is 3.36. The Balaban J connectivity index is 1.58.